The highest BCUT2D eigenvalue weighted by Gasteiger charge is 2.40. The Kier molecular flexibility index (Phi) is 13.5. The van der Waals surface area contributed by atoms with E-state index in [9.17, 15) is 9.59 Å². The standard InChI is InChI=1S/C50H66N8O2/c1-5-55(6-2)45(39-17-11-9-12-18-39)49(59)57-31-15-21-43(57)47-51-33-41(53-47)37-27-23-35(24-28-37)36-25-29-38(30-26-36)42-34-52-48(54-42)44-22-16-32-58(44)50(60)46(56(7-3)8-4)40-19-13-10-14-20-40/h9-14,17-20,27,29,33-36,43-46H,5-8,15-16,21-26,28,30-32H2,1-4H3,(H,51,53)(H,52,54)/t35?,36?,43-,44-,45+,46?/m0/s1. The molecule has 8 rings (SSSR count). The molecule has 0 saturated carbocycles. The van der Waals surface area contributed by atoms with Gasteiger partial charge in [-0.05, 0) is 124 Å². The second-order valence-electron chi connectivity index (χ2n) is 17.3. The van der Waals surface area contributed by atoms with E-state index in [0.29, 0.717) is 11.8 Å². The molecule has 10 heteroatoms. The zero-order valence-corrected chi connectivity index (χ0v) is 36.4. The van der Waals surface area contributed by atoms with Crippen LogP contribution in [-0.2, 0) is 9.59 Å². The summed E-state index contributed by atoms with van der Waals surface area (Å²) in [5, 5.41) is 0. The maximum atomic E-state index is 14.3. The van der Waals surface area contributed by atoms with E-state index in [1.165, 1.54) is 24.0 Å². The minimum atomic E-state index is -0.284. The van der Waals surface area contributed by atoms with E-state index in [1.807, 2.05) is 48.8 Å². The van der Waals surface area contributed by atoms with Crippen LogP contribution in [0.4, 0.5) is 0 Å². The molecule has 2 N–H and O–H groups in total. The minimum absolute atomic E-state index is 0.0247. The van der Waals surface area contributed by atoms with Gasteiger partial charge >= 0.3 is 0 Å². The molecule has 2 amide bonds. The van der Waals surface area contributed by atoms with Crippen molar-refractivity contribution in [2.24, 2.45) is 11.8 Å². The van der Waals surface area contributed by atoms with Crippen molar-refractivity contribution in [2.45, 2.75) is 116 Å². The molecule has 2 aromatic heterocycles. The second kappa shape index (κ2) is 19.3. The highest BCUT2D eigenvalue weighted by Crippen LogP contribution is 2.42. The average molecular weight is 811 g/mol. The Morgan fingerprint density at radius 2 is 1.02 bits per heavy atom. The summed E-state index contributed by atoms with van der Waals surface area (Å²) in [6.07, 6.45) is 19.4. The molecule has 60 heavy (non-hydrogen) atoms. The zero-order chi connectivity index (χ0) is 41.6. The van der Waals surface area contributed by atoms with Crippen LogP contribution in [0.3, 0.4) is 0 Å². The largest absolute Gasteiger partial charge is 0.341 e. The number of benzene rings is 2. The van der Waals surface area contributed by atoms with Crippen molar-refractivity contribution in [1.29, 1.82) is 0 Å². The molecule has 2 aliphatic carbocycles. The Bertz CT molecular complexity index is 1950. The number of aromatic nitrogens is 4. The van der Waals surface area contributed by atoms with Crippen LogP contribution in [0.2, 0.25) is 0 Å². The summed E-state index contributed by atoms with van der Waals surface area (Å²) in [6.45, 7) is 13.4. The smallest absolute Gasteiger partial charge is 0.245 e. The highest BCUT2D eigenvalue weighted by molar-refractivity contribution is 5.84. The summed E-state index contributed by atoms with van der Waals surface area (Å²) in [4.78, 5) is 54.4. The fourth-order valence-corrected chi connectivity index (χ4v) is 10.8. The van der Waals surface area contributed by atoms with Gasteiger partial charge in [0, 0.05) is 13.1 Å². The van der Waals surface area contributed by atoms with Gasteiger partial charge in [-0.25, -0.2) is 9.97 Å². The summed E-state index contributed by atoms with van der Waals surface area (Å²) in [5.74, 6) is 3.54. The molecular formula is C50H66N8O2. The predicted molar refractivity (Wildman–Crippen MR) is 239 cm³/mol. The van der Waals surface area contributed by atoms with Crippen LogP contribution in [-0.4, -0.2) is 90.6 Å². The van der Waals surface area contributed by atoms with E-state index in [2.05, 4.69) is 93.7 Å². The Hall–Kier alpha value is -4.80. The number of hydrogen-bond donors (Lipinski definition) is 2. The topological polar surface area (TPSA) is 104 Å². The summed E-state index contributed by atoms with van der Waals surface area (Å²) in [7, 11) is 0. The van der Waals surface area contributed by atoms with Gasteiger partial charge in [0.1, 0.15) is 23.7 Å². The first-order chi connectivity index (χ1) is 29.4. The monoisotopic (exact) mass is 811 g/mol. The molecule has 6 atom stereocenters. The number of imidazole rings is 2. The lowest BCUT2D eigenvalue weighted by molar-refractivity contribution is -0.139. The molecular weight excluding hydrogens is 745 g/mol. The number of likely N-dealkylation sites (N-methyl/N-ethyl adjacent to an activating group) is 2. The molecule has 4 aliphatic rings. The lowest BCUT2D eigenvalue weighted by atomic mass is 9.74. The van der Waals surface area contributed by atoms with Gasteiger partial charge in [-0.2, -0.15) is 0 Å². The quantitative estimate of drug-likeness (QED) is 0.124. The fraction of sp³-hybridized carbons (Fsp3) is 0.520. The first-order valence-electron chi connectivity index (χ1n) is 23.1. The number of carbonyl (C=O) groups is 2. The number of amides is 2. The molecule has 0 spiro atoms. The molecule has 4 heterocycles. The van der Waals surface area contributed by atoms with Gasteiger partial charge < -0.3 is 19.8 Å². The normalized spacial score (nSPS) is 23.2. The molecule has 2 fully saturated rings. The molecule has 0 bridgehead atoms. The maximum absolute atomic E-state index is 14.3. The Morgan fingerprint density at radius 1 is 0.617 bits per heavy atom. The van der Waals surface area contributed by atoms with E-state index < -0.39 is 0 Å². The predicted octanol–water partition coefficient (Wildman–Crippen LogP) is 9.69. The number of nitrogens with zero attached hydrogens (tertiary/aromatic N) is 6. The van der Waals surface area contributed by atoms with Gasteiger partial charge in [-0.1, -0.05) is 101 Å². The Balaban J connectivity index is 0.881. The first kappa shape index (κ1) is 41.9. The van der Waals surface area contributed by atoms with Crippen LogP contribution in [0.15, 0.2) is 85.2 Å². The van der Waals surface area contributed by atoms with Gasteiger partial charge in [0.05, 0.1) is 35.9 Å². The molecule has 2 aliphatic heterocycles. The van der Waals surface area contributed by atoms with Crippen molar-refractivity contribution in [3.8, 4) is 0 Å². The highest BCUT2D eigenvalue weighted by atomic mass is 16.2. The van der Waals surface area contributed by atoms with Crippen LogP contribution >= 0.6 is 0 Å². The number of H-pyrrole nitrogens is 2. The minimum Gasteiger partial charge on any atom is -0.341 e. The SMILES string of the molecule is CCN(CC)C(C(=O)N1CCC[C@H]1c1ncc(C2=CCC(C3CC=C(c4cnc([C@@H]5CCCN5C(=O)[C@@H](c5ccccc5)N(CC)CC)[nH]4)CC3)CC2)[nH]1)c1ccccc1. The lowest BCUT2D eigenvalue weighted by Gasteiger charge is -2.34. The van der Waals surface area contributed by atoms with Crippen molar-refractivity contribution >= 4 is 23.0 Å². The number of rotatable bonds is 15. The third kappa shape index (κ3) is 8.68. The van der Waals surface area contributed by atoms with E-state index in [-0.39, 0.29) is 36.0 Å². The third-order valence-electron chi connectivity index (χ3n) is 14.2. The van der Waals surface area contributed by atoms with Crippen LogP contribution in [0.1, 0.15) is 150 Å². The van der Waals surface area contributed by atoms with E-state index in [0.717, 1.165) is 125 Å². The number of nitrogens with one attached hydrogen (secondary N) is 2. The molecule has 3 unspecified atom stereocenters. The van der Waals surface area contributed by atoms with Gasteiger partial charge in [-0.3, -0.25) is 19.4 Å². The number of aromatic amines is 2. The summed E-state index contributed by atoms with van der Waals surface area (Å²) in [6, 6.07) is 19.9. The van der Waals surface area contributed by atoms with E-state index in [4.69, 9.17) is 9.97 Å². The van der Waals surface area contributed by atoms with Crippen molar-refractivity contribution in [3.63, 3.8) is 0 Å². The van der Waals surface area contributed by atoms with Gasteiger partial charge in [0.2, 0.25) is 11.8 Å². The maximum Gasteiger partial charge on any atom is 0.245 e. The number of allylic oxidation sites excluding steroid dienone is 4. The average Bonchev–Trinajstić information content (AvgIpc) is 4.15. The van der Waals surface area contributed by atoms with Crippen LogP contribution in [0.25, 0.3) is 11.1 Å². The van der Waals surface area contributed by atoms with E-state index >= 15 is 0 Å². The van der Waals surface area contributed by atoms with Gasteiger partial charge in [0.25, 0.3) is 0 Å². The Morgan fingerprint density at radius 3 is 1.37 bits per heavy atom. The summed E-state index contributed by atoms with van der Waals surface area (Å²) < 4.78 is 0. The van der Waals surface area contributed by atoms with Crippen molar-refractivity contribution in [2.75, 3.05) is 39.3 Å². The van der Waals surface area contributed by atoms with Crippen molar-refractivity contribution in [1.82, 2.24) is 39.5 Å². The lowest BCUT2D eigenvalue weighted by Crippen LogP contribution is -2.43. The third-order valence-corrected chi connectivity index (χ3v) is 14.2. The molecule has 318 valence electrons. The summed E-state index contributed by atoms with van der Waals surface area (Å²) >= 11 is 0. The molecule has 10 nitrogen and oxygen atoms in total. The van der Waals surface area contributed by atoms with Gasteiger partial charge in [-0.15, -0.1) is 0 Å². The number of carbonyl (C=O) groups excluding carboxylic acids is 2. The second-order valence-corrected chi connectivity index (χ2v) is 17.3. The fourth-order valence-electron chi connectivity index (χ4n) is 10.8. The molecule has 2 aromatic carbocycles. The van der Waals surface area contributed by atoms with E-state index in [1.54, 1.807) is 0 Å². The van der Waals surface area contributed by atoms with Crippen LogP contribution in [0, 0.1) is 11.8 Å². The number of likely N-dealkylation sites (tertiary alicyclic amines) is 2. The van der Waals surface area contributed by atoms with Crippen LogP contribution in [0.5, 0.6) is 0 Å². The first-order valence-corrected chi connectivity index (χ1v) is 23.1. The van der Waals surface area contributed by atoms with Gasteiger partial charge in [0.15, 0.2) is 0 Å². The number of hydrogen-bond acceptors (Lipinski definition) is 6. The Labute approximate surface area is 357 Å². The molecule has 4 aromatic rings. The van der Waals surface area contributed by atoms with Crippen molar-refractivity contribution < 1.29 is 9.59 Å². The molecule has 2 saturated heterocycles. The zero-order valence-electron chi connectivity index (χ0n) is 36.4. The molecule has 0 radical (unpaired) electrons. The summed E-state index contributed by atoms with van der Waals surface area (Å²) in [5.41, 5.74) is 7.05. The van der Waals surface area contributed by atoms with Crippen LogP contribution < -0.4 is 0 Å². The van der Waals surface area contributed by atoms with Crippen molar-refractivity contribution in [3.05, 3.63) is 119 Å².